The predicted molar refractivity (Wildman–Crippen MR) is 96.6 cm³/mol. The van der Waals surface area contributed by atoms with Gasteiger partial charge in [0.2, 0.25) is 0 Å². The molecular weight excluding hydrogens is 383 g/mol. The molecule has 0 saturated heterocycles. The molecule has 136 valence electrons. The summed E-state index contributed by atoms with van der Waals surface area (Å²) in [5.41, 5.74) is 0.726. The van der Waals surface area contributed by atoms with Gasteiger partial charge in [0.1, 0.15) is 13.2 Å². The average Bonchev–Trinajstić information content (AvgIpc) is 2.62. The van der Waals surface area contributed by atoms with Gasteiger partial charge in [0.05, 0.1) is 20.5 Å². The number of rotatable bonds is 5. The standard InChI is InChI=1S/C17H14Cl2N2O5/c18-13-2-1-11(21(23)24)9-12(13)17(22)20-4-3-10-7-14(19)16-15(8-10)25-5-6-26-16/h1-2,7-9H,3-6H2,(H,20,22). The number of carbonyl (C=O) groups is 1. The Morgan fingerprint density at radius 2 is 1.92 bits per heavy atom. The molecule has 1 N–H and O–H groups in total. The first-order chi connectivity index (χ1) is 12.5. The van der Waals surface area contributed by atoms with Gasteiger partial charge in [-0.05, 0) is 30.2 Å². The van der Waals surface area contributed by atoms with E-state index in [1.807, 2.05) is 6.07 Å². The van der Waals surface area contributed by atoms with E-state index >= 15 is 0 Å². The SMILES string of the molecule is O=C(NCCc1cc(Cl)c2c(c1)OCCO2)c1cc([N+](=O)[O-])ccc1Cl. The number of nitrogens with one attached hydrogen (secondary N) is 1. The van der Waals surface area contributed by atoms with Crippen molar-refractivity contribution in [1.82, 2.24) is 5.32 Å². The molecule has 0 aliphatic carbocycles. The normalized spacial score (nSPS) is 12.5. The van der Waals surface area contributed by atoms with Gasteiger partial charge in [0.15, 0.2) is 11.5 Å². The number of non-ortho nitro benzene ring substituents is 1. The van der Waals surface area contributed by atoms with Crippen LogP contribution in [0.1, 0.15) is 15.9 Å². The third-order valence-electron chi connectivity index (χ3n) is 3.76. The van der Waals surface area contributed by atoms with Gasteiger partial charge >= 0.3 is 0 Å². The van der Waals surface area contributed by atoms with Gasteiger partial charge in [-0.2, -0.15) is 0 Å². The van der Waals surface area contributed by atoms with Gasteiger partial charge in [-0.25, -0.2) is 0 Å². The Morgan fingerprint density at radius 1 is 1.15 bits per heavy atom. The van der Waals surface area contributed by atoms with Crippen molar-refractivity contribution in [1.29, 1.82) is 0 Å². The van der Waals surface area contributed by atoms with Crippen molar-refractivity contribution in [2.24, 2.45) is 0 Å². The summed E-state index contributed by atoms with van der Waals surface area (Å²) in [5.74, 6) is 0.614. The molecule has 0 fully saturated rings. The average molecular weight is 397 g/mol. The summed E-state index contributed by atoms with van der Waals surface area (Å²) in [4.78, 5) is 22.5. The molecule has 0 bridgehead atoms. The fourth-order valence-electron chi connectivity index (χ4n) is 2.53. The van der Waals surface area contributed by atoms with Crippen molar-refractivity contribution in [2.45, 2.75) is 6.42 Å². The van der Waals surface area contributed by atoms with Gasteiger partial charge in [-0.1, -0.05) is 23.2 Å². The van der Waals surface area contributed by atoms with E-state index < -0.39 is 10.8 Å². The summed E-state index contributed by atoms with van der Waals surface area (Å²) >= 11 is 12.1. The number of nitro groups is 1. The molecule has 9 heteroatoms. The minimum absolute atomic E-state index is 0.0565. The third-order valence-corrected chi connectivity index (χ3v) is 4.37. The number of nitro benzene ring substituents is 1. The summed E-state index contributed by atoms with van der Waals surface area (Å²) in [6.45, 7) is 1.20. The van der Waals surface area contributed by atoms with E-state index in [0.717, 1.165) is 11.6 Å². The highest BCUT2D eigenvalue weighted by atomic mass is 35.5. The number of nitrogens with zero attached hydrogens (tertiary/aromatic N) is 1. The molecule has 0 aromatic heterocycles. The summed E-state index contributed by atoms with van der Waals surface area (Å²) in [6, 6.07) is 7.29. The van der Waals surface area contributed by atoms with Crippen molar-refractivity contribution in [3.05, 3.63) is 61.6 Å². The van der Waals surface area contributed by atoms with Crippen LogP contribution in [0.4, 0.5) is 5.69 Å². The molecular formula is C17H14Cl2N2O5. The Hall–Kier alpha value is -2.51. The number of carbonyl (C=O) groups excluding carboxylic acids is 1. The molecule has 26 heavy (non-hydrogen) atoms. The molecule has 1 aliphatic rings. The van der Waals surface area contributed by atoms with Crippen LogP contribution in [0.2, 0.25) is 10.0 Å². The number of halogens is 2. The zero-order valence-corrected chi connectivity index (χ0v) is 15.0. The van der Waals surface area contributed by atoms with Crippen LogP contribution < -0.4 is 14.8 Å². The lowest BCUT2D eigenvalue weighted by Gasteiger charge is -2.20. The second-order valence-electron chi connectivity index (χ2n) is 5.53. The Labute approximate surface area is 159 Å². The van der Waals surface area contributed by atoms with Crippen LogP contribution >= 0.6 is 23.2 Å². The number of ether oxygens (including phenoxy) is 2. The monoisotopic (exact) mass is 396 g/mol. The number of benzene rings is 2. The maximum absolute atomic E-state index is 12.2. The van der Waals surface area contributed by atoms with Gasteiger partial charge in [-0.3, -0.25) is 14.9 Å². The first-order valence-corrected chi connectivity index (χ1v) is 8.51. The highest BCUT2D eigenvalue weighted by Crippen LogP contribution is 2.38. The minimum Gasteiger partial charge on any atom is -0.486 e. The van der Waals surface area contributed by atoms with Crippen LogP contribution in [0.25, 0.3) is 0 Å². The summed E-state index contributed by atoms with van der Waals surface area (Å²) in [5, 5.41) is 14.1. The molecule has 7 nitrogen and oxygen atoms in total. The zero-order valence-electron chi connectivity index (χ0n) is 13.5. The summed E-state index contributed by atoms with van der Waals surface area (Å²) < 4.78 is 11.0. The summed E-state index contributed by atoms with van der Waals surface area (Å²) in [6.07, 6.45) is 0.495. The quantitative estimate of drug-likeness (QED) is 0.615. The van der Waals surface area contributed by atoms with Crippen molar-refractivity contribution < 1.29 is 19.2 Å². The van der Waals surface area contributed by atoms with E-state index in [4.69, 9.17) is 32.7 Å². The smallest absolute Gasteiger partial charge is 0.270 e. The fraction of sp³-hybridized carbons (Fsp3) is 0.235. The maximum Gasteiger partial charge on any atom is 0.270 e. The second-order valence-corrected chi connectivity index (χ2v) is 6.34. The Morgan fingerprint density at radius 3 is 2.69 bits per heavy atom. The molecule has 1 heterocycles. The van der Waals surface area contributed by atoms with Crippen molar-refractivity contribution >= 4 is 34.8 Å². The van der Waals surface area contributed by atoms with Crippen molar-refractivity contribution in [2.75, 3.05) is 19.8 Å². The van der Waals surface area contributed by atoms with E-state index in [2.05, 4.69) is 5.32 Å². The van der Waals surface area contributed by atoms with E-state index in [9.17, 15) is 14.9 Å². The Bertz CT molecular complexity index is 872. The number of amides is 1. The third kappa shape index (κ3) is 4.00. The minimum atomic E-state index is -0.579. The van der Waals surface area contributed by atoms with E-state index in [0.29, 0.717) is 42.7 Å². The topological polar surface area (TPSA) is 90.7 Å². The highest BCUT2D eigenvalue weighted by molar-refractivity contribution is 6.34. The lowest BCUT2D eigenvalue weighted by molar-refractivity contribution is -0.384. The number of fused-ring (bicyclic) bond motifs is 1. The first kappa shape index (κ1) is 18.3. The fourth-order valence-corrected chi connectivity index (χ4v) is 3.02. The molecule has 0 spiro atoms. The number of hydrogen-bond donors (Lipinski definition) is 1. The summed E-state index contributed by atoms with van der Waals surface area (Å²) in [7, 11) is 0. The lowest BCUT2D eigenvalue weighted by Crippen LogP contribution is -2.26. The number of hydrogen-bond acceptors (Lipinski definition) is 5. The predicted octanol–water partition coefficient (Wildman–Crippen LogP) is 3.65. The van der Waals surface area contributed by atoms with E-state index in [-0.39, 0.29) is 16.3 Å². The van der Waals surface area contributed by atoms with E-state index in [1.165, 1.54) is 12.1 Å². The molecule has 3 rings (SSSR count). The largest absolute Gasteiger partial charge is 0.486 e. The van der Waals surface area contributed by atoms with Crippen LogP contribution in [0.5, 0.6) is 11.5 Å². The molecule has 0 radical (unpaired) electrons. The van der Waals surface area contributed by atoms with Crippen molar-refractivity contribution in [3.8, 4) is 11.5 Å². The van der Waals surface area contributed by atoms with Gasteiger partial charge in [0.25, 0.3) is 11.6 Å². The Kier molecular flexibility index (Phi) is 5.49. The second kappa shape index (κ2) is 7.80. The van der Waals surface area contributed by atoms with Gasteiger partial charge < -0.3 is 14.8 Å². The molecule has 1 amide bonds. The Balaban J connectivity index is 1.65. The van der Waals surface area contributed by atoms with Crippen LogP contribution in [-0.4, -0.2) is 30.6 Å². The van der Waals surface area contributed by atoms with Crippen LogP contribution in [0.15, 0.2) is 30.3 Å². The first-order valence-electron chi connectivity index (χ1n) is 7.76. The van der Waals surface area contributed by atoms with Gasteiger partial charge in [-0.15, -0.1) is 0 Å². The maximum atomic E-state index is 12.2. The van der Waals surface area contributed by atoms with Gasteiger partial charge in [0, 0.05) is 18.7 Å². The molecule has 1 aliphatic heterocycles. The zero-order chi connectivity index (χ0) is 18.7. The van der Waals surface area contributed by atoms with Crippen LogP contribution in [0, 0.1) is 10.1 Å². The molecule has 0 atom stereocenters. The molecule has 0 saturated carbocycles. The van der Waals surface area contributed by atoms with Crippen molar-refractivity contribution in [3.63, 3.8) is 0 Å². The van der Waals surface area contributed by atoms with Crippen LogP contribution in [0.3, 0.4) is 0 Å². The molecule has 0 unspecified atom stereocenters. The van der Waals surface area contributed by atoms with Crippen LogP contribution in [-0.2, 0) is 6.42 Å². The lowest BCUT2D eigenvalue weighted by atomic mass is 10.1. The van der Waals surface area contributed by atoms with E-state index in [1.54, 1.807) is 6.07 Å². The molecule has 2 aromatic carbocycles. The molecule has 2 aromatic rings. The highest BCUT2D eigenvalue weighted by Gasteiger charge is 2.18.